The largest absolute Gasteiger partial charge is 0.346 e. The minimum atomic E-state index is -0.478. The van der Waals surface area contributed by atoms with Crippen LogP contribution in [0.25, 0.3) is 0 Å². The van der Waals surface area contributed by atoms with Gasteiger partial charge in [-0.25, -0.2) is 4.39 Å². The van der Waals surface area contributed by atoms with Gasteiger partial charge in [-0.3, -0.25) is 10.1 Å². The number of benzene rings is 2. The Hall–Kier alpha value is -2.34. The van der Waals surface area contributed by atoms with E-state index in [-0.39, 0.29) is 11.5 Å². The first-order chi connectivity index (χ1) is 9.06. The number of rotatable bonds is 3. The number of nitro groups is 1. The Morgan fingerprint density at radius 1 is 1.21 bits per heavy atom. The molecule has 2 rings (SSSR count). The topological polar surface area (TPSA) is 55.2 Å². The number of hydrogen-bond acceptors (Lipinski definition) is 3. The van der Waals surface area contributed by atoms with Crippen molar-refractivity contribution in [1.82, 2.24) is 0 Å². The van der Waals surface area contributed by atoms with E-state index in [2.05, 4.69) is 5.32 Å². The lowest BCUT2D eigenvalue weighted by Gasteiger charge is -2.07. The zero-order valence-electron chi connectivity index (χ0n) is 9.67. The Balaban J connectivity index is 2.13. The molecule has 0 saturated heterocycles. The second kappa shape index (κ2) is 5.53. The van der Waals surface area contributed by atoms with E-state index in [9.17, 15) is 14.5 Å². The molecule has 0 aliphatic rings. The SMILES string of the molecule is O=[N+]([O-])c1ccc(NC(=S)c2cccc(F)c2)cc1. The fraction of sp³-hybridized carbons (Fsp3) is 0. The van der Waals surface area contributed by atoms with Gasteiger partial charge in [-0.05, 0) is 24.3 Å². The van der Waals surface area contributed by atoms with E-state index in [0.29, 0.717) is 16.2 Å². The van der Waals surface area contributed by atoms with Gasteiger partial charge < -0.3 is 5.32 Å². The minimum Gasteiger partial charge on any atom is -0.346 e. The normalized spacial score (nSPS) is 9.95. The molecule has 0 radical (unpaired) electrons. The average molecular weight is 276 g/mol. The number of nitrogens with one attached hydrogen (secondary N) is 1. The number of nitrogens with zero attached hydrogens (tertiary/aromatic N) is 1. The van der Waals surface area contributed by atoms with Gasteiger partial charge in [0.05, 0.1) is 4.92 Å². The van der Waals surface area contributed by atoms with Crippen molar-refractivity contribution in [3.63, 3.8) is 0 Å². The van der Waals surface area contributed by atoms with Crippen LogP contribution in [-0.4, -0.2) is 9.91 Å². The van der Waals surface area contributed by atoms with Gasteiger partial charge in [0, 0.05) is 23.4 Å². The summed E-state index contributed by atoms with van der Waals surface area (Å²) in [6.07, 6.45) is 0. The van der Waals surface area contributed by atoms with Crippen LogP contribution in [0.2, 0.25) is 0 Å². The lowest BCUT2D eigenvalue weighted by atomic mass is 10.2. The van der Waals surface area contributed by atoms with Crippen molar-refractivity contribution >= 4 is 28.6 Å². The molecule has 0 fully saturated rings. The molecule has 96 valence electrons. The predicted octanol–water partition coefficient (Wildman–Crippen LogP) is 3.52. The van der Waals surface area contributed by atoms with E-state index in [1.807, 2.05) is 0 Å². The lowest BCUT2D eigenvalue weighted by Crippen LogP contribution is -2.10. The van der Waals surface area contributed by atoms with E-state index < -0.39 is 4.92 Å². The molecule has 4 nitrogen and oxygen atoms in total. The molecule has 0 saturated carbocycles. The molecule has 0 aromatic heterocycles. The number of nitro benzene ring substituents is 1. The molecule has 0 bridgehead atoms. The van der Waals surface area contributed by atoms with Crippen LogP contribution in [0.4, 0.5) is 15.8 Å². The highest BCUT2D eigenvalue weighted by Crippen LogP contribution is 2.16. The fourth-order valence-corrected chi connectivity index (χ4v) is 1.74. The molecule has 2 aromatic carbocycles. The highest BCUT2D eigenvalue weighted by molar-refractivity contribution is 7.81. The third-order valence-corrected chi connectivity index (χ3v) is 2.76. The van der Waals surface area contributed by atoms with Crippen molar-refractivity contribution in [1.29, 1.82) is 0 Å². The van der Waals surface area contributed by atoms with Crippen molar-refractivity contribution in [2.24, 2.45) is 0 Å². The molecular weight excluding hydrogens is 267 g/mol. The monoisotopic (exact) mass is 276 g/mol. The van der Waals surface area contributed by atoms with Gasteiger partial charge in [0.25, 0.3) is 5.69 Å². The second-order valence-electron chi connectivity index (χ2n) is 3.77. The molecule has 0 atom stereocenters. The van der Waals surface area contributed by atoms with Crippen LogP contribution in [0, 0.1) is 15.9 Å². The molecule has 0 unspecified atom stereocenters. The summed E-state index contributed by atoms with van der Waals surface area (Å²) in [6.45, 7) is 0. The number of thiocarbonyl (C=S) groups is 1. The zero-order valence-corrected chi connectivity index (χ0v) is 10.5. The van der Waals surface area contributed by atoms with Crippen LogP contribution in [0.5, 0.6) is 0 Å². The molecule has 6 heteroatoms. The molecule has 19 heavy (non-hydrogen) atoms. The summed E-state index contributed by atoms with van der Waals surface area (Å²) in [6, 6.07) is 11.7. The summed E-state index contributed by atoms with van der Waals surface area (Å²) in [5.74, 6) is -0.370. The van der Waals surface area contributed by atoms with E-state index >= 15 is 0 Å². The quantitative estimate of drug-likeness (QED) is 0.529. The smallest absolute Gasteiger partial charge is 0.269 e. The Morgan fingerprint density at radius 3 is 2.47 bits per heavy atom. The first-order valence-electron chi connectivity index (χ1n) is 5.37. The van der Waals surface area contributed by atoms with Gasteiger partial charge >= 0.3 is 0 Å². The minimum absolute atomic E-state index is 0.00206. The van der Waals surface area contributed by atoms with Crippen LogP contribution in [0.15, 0.2) is 48.5 Å². The fourth-order valence-electron chi connectivity index (χ4n) is 1.50. The van der Waals surface area contributed by atoms with Crippen molar-refractivity contribution in [2.75, 3.05) is 5.32 Å². The molecule has 2 aromatic rings. The molecule has 0 aliphatic carbocycles. The van der Waals surface area contributed by atoms with Gasteiger partial charge in [0.1, 0.15) is 10.8 Å². The Kier molecular flexibility index (Phi) is 3.82. The summed E-state index contributed by atoms with van der Waals surface area (Å²) < 4.78 is 13.0. The standard InChI is InChI=1S/C13H9FN2O2S/c14-10-3-1-2-9(8-10)13(19)15-11-4-6-12(7-5-11)16(17)18/h1-8H,(H,15,19). The maximum atomic E-state index is 13.0. The van der Waals surface area contributed by atoms with Crippen LogP contribution < -0.4 is 5.32 Å². The number of hydrogen-bond donors (Lipinski definition) is 1. The number of non-ortho nitro benzene ring substituents is 1. The molecule has 0 amide bonds. The maximum Gasteiger partial charge on any atom is 0.269 e. The predicted molar refractivity (Wildman–Crippen MR) is 74.8 cm³/mol. The van der Waals surface area contributed by atoms with Gasteiger partial charge in [-0.1, -0.05) is 24.4 Å². The first kappa shape index (κ1) is 13.1. The van der Waals surface area contributed by atoms with Gasteiger partial charge in [-0.15, -0.1) is 0 Å². The summed E-state index contributed by atoms with van der Waals surface area (Å²) in [5.41, 5.74) is 1.16. The van der Waals surface area contributed by atoms with Crippen LogP contribution in [0.1, 0.15) is 5.56 Å². The van der Waals surface area contributed by atoms with E-state index in [1.54, 1.807) is 24.3 Å². The van der Waals surface area contributed by atoms with E-state index in [0.717, 1.165) is 0 Å². The lowest BCUT2D eigenvalue weighted by molar-refractivity contribution is -0.384. The summed E-state index contributed by atoms with van der Waals surface area (Å²) in [5, 5.41) is 13.4. The third kappa shape index (κ3) is 3.32. The highest BCUT2D eigenvalue weighted by atomic mass is 32.1. The van der Waals surface area contributed by atoms with Crippen molar-refractivity contribution in [2.45, 2.75) is 0 Å². The second-order valence-corrected chi connectivity index (χ2v) is 4.18. The van der Waals surface area contributed by atoms with Crippen LogP contribution in [0.3, 0.4) is 0 Å². The maximum absolute atomic E-state index is 13.0. The first-order valence-corrected chi connectivity index (χ1v) is 5.78. The molecule has 0 heterocycles. The molecule has 0 aliphatic heterocycles. The third-order valence-electron chi connectivity index (χ3n) is 2.42. The molecular formula is C13H9FN2O2S. The number of halogens is 1. The van der Waals surface area contributed by atoms with Crippen molar-refractivity contribution in [3.05, 3.63) is 70.0 Å². The van der Waals surface area contributed by atoms with Crippen LogP contribution in [-0.2, 0) is 0 Å². The highest BCUT2D eigenvalue weighted by Gasteiger charge is 2.06. The summed E-state index contributed by atoms with van der Waals surface area (Å²) in [7, 11) is 0. The Morgan fingerprint density at radius 2 is 1.89 bits per heavy atom. The summed E-state index contributed by atoms with van der Waals surface area (Å²) >= 11 is 5.13. The summed E-state index contributed by atoms with van der Waals surface area (Å²) in [4.78, 5) is 10.4. The van der Waals surface area contributed by atoms with E-state index in [1.165, 1.54) is 24.3 Å². The zero-order chi connectivity index (χ0) is 13.8. The average Bonchev–Trinajstić information content (AvgIpc) is 2.39. The van der Waals surface area contributed by atoms with Crippen LogP contribution >= 0.6 is 12.2 Å². The van der Waals surface area contributed by atoms with Crippen molar-refractivity contribution < 1.29 is 9.31 Å². The van der Waals surface area contributed by atoms with E-state index in [4.69, 9.17) is 12.2 Å². The molecule has 0 spiro atoms. The molecule has 1 N–H and O–H groups in total. The van der Waals surface area contributed by atoms with Gasteiger partial charge in [0.2, 0.25) is 0 Å². The Labute approximate surface area is 114 Å². The van der Waals surface area contributed by atoms with Gasteiger partial charge in [-0.2, -0.15) is 0 Å². The van der Waals surface area contributed by atoms with Gasteiger partial charge in [0.15, 0.2) is 0 Å². The van der Waals surface area contributed by atoms with Crippen molar-refractivity contribution in [3.8, 4) is 0 Å². The number of anilines is 1. The Bertz CT molecular complexity index is 629.